The highest BCUT2D eigenvalue weighted by molar-refractivity contribution is 5.87. The summed E-state index contributed by atoms with van der Waals surface area (Å²) in [5.41, 5.74) is 0.0590. The van der Waals surface area contributed by atoms with Gasteiger partial charge in [-0.25, -0.2) is 4.79 Å². The van der Waals surface area contributed by atoms with Crippen LogP contribution in [-0.2, 0) is 35.1 Å². The summed E-state index contributed by atoms with van der Waals surface area (Å²) >= 11 is 0. The Balaban J connectivity index is 2.02. The average Bonchev–Trinajstić information content (AvgIpc) is 2.99. The fraction of sp³-hybridized carbons (Fsp3) is 0.583. The van der Waals surface area contributed by atoms with Gasteiger partial charge in [0.2, 0.25) is 0 Å². The topological polar surface area (TPSA) is 83.1 Å². The maximum atomic E-state index is 12.7. The van der Waals surface area contributed by atoms with E-state index >= 15 is 0 Å². The quantitative estimate of drug-likeness (QED) is 0.418. The summed E-state index contributed by atoms with van der Waals surface area (Å²) < 4.78 is 60.8. The Bertz CT molecular complexity index is 849. The van der Waals surface area contributed by atoms with Gasteiger partial charge in [-0.2, -0.15) is 13.2 Å². The first kappa shape index (κ1) is 27.8. The molecule has 1 N–H and O–H groups in total. The van der Waals surface area contributed by atoms with Crippen LogP contribution in [-0.4, -0.2) is 54.3 Å². The molecule has 34 heavy (non-hydrogen) atoms. The molecule has 1 fully saturated rings. The first-order chi connectivity index (χ1) is 15.7. The third-order valence-electron chi connectivity index (χ3n) is 4.57. The van der Waals surface area contributed by atoms with Gasteiger partial charge in [0.05, 0.1) is 13.2 Å². The monoisotopic (exact) mass is 487 g/mol. The number of benzene rings is 1. The number of halogens is 3. The SMILES string of the molecule is CC(C)(C)OC(=O)[C@H](C/C=C/[C@H]1OC(C)(C)O[C@@H]1COCc1ccccc1)NC(=O)C(F)(F)F. The van der Waals surface area contributed by atoms with Crippen molar-refractivity contribution in [2.24, 2.45) is 0 Å². The van der Waals surface area contributed by atoms with Crippen LogP contribution in [0.25, 0.3) is 0 Å². The second-order valence-corrected chi connectivity index (χ2v) is 9.36. The maximum absolute atomic E-state index is 12.7. The van der Waals surface area contributed by atoms with Crippen molar-refractivity contribution in [3.8, 4) is 0 Å². The number of rotatable bonds is 9. The molecule has 0 unspecified atom stereocenters. The molecular weight excluding hydrogens is 455 g/mol. The summed E-state index contributed by atoms with van der Waals surface area (Å²) in [7, 11) is 0. The van der Waals surface area contributed by atoms with E-state index in [0.717, 1.165) is 5.56 Å². The van der Waals surface area contributed by atoms with Crippen LogP contribution in [0.5, 0.6) is 0 Å². The second kappa shape index (κ2) is 11.3. The predicted octanol–water partition coefficient (Wildman–Crippen LogP) is 4.06. The normalized spacial score (nSPS) is 21.4. The Morgan fingerprint density at radius 1 is 1.15 bits per heavy atom. The molecule has 10 heteroatoms. The fourth-order valence-corrected chi connectivity index (χ4v) is 3.20. The van der Waals surface area contributed by atoms with Crippen LogP contribution in [0.2, 0.25) is 0 Å². The van der Waals surface area contributed by atoms with E-state index in [-0.39, 0.29) is 13.0 Å². The molecule has 1 aromatic carbocycles. The van der Waals surface area contributed by atoms with Crippen molar-refractivity contribution >= 4 is 11.9 Å². The third kappa shape index (κ3) is 9.44. The van der Waals surface area contributed by atoms with Crippen LogP contribution in [0.3, 0.4) is 0 Å². The van der Waals surface area contributed by atoms with Gasteiger partial charge >= 0.3 is 18.1 Å². The number of esters is 1. The van der Waals surface area contributed by atoms with Gasteiger partial charge in [-0.15, -0.1) is 0 Å². The lowest BCUT2D eigenvalue weighted by Crippen LogP contribution is -2.48. The van der Waals surface area contributed by atoms with Crippen LogP contribution >= 0.6 is 0 Å². The van der Waals surface area contributed by atoms with Crippen LogP contribution < -0.4 is 5.32 Å². The molecule has 1 aliphatic rings. The molecule has 0 bridgehead atoms. The van der Waals surface area contributed by atoms with Crippen molar-refractivity contribution in [1.82, 2.24) is 5.32 Å². The highest BCUT2D eigenvalue weighted by Crippen LogP contribution is 2.29. The number of carbonyl (C=O) groups excluding carboxylic acids is 2. The zero-order valence-electron chi connectivity index (χ0n) is 20.0. The standard InChI is InChI=1S/C24H32F3NO6/c1-22(2,3)34-20(29)17(28-21(30)24(25,26)27)12-9-13-18-19(33-23(4,5)32-18)15-31-14-16-10-7-6-8-11-16/h6-11,13,17-19H,12,14-15H2,1-5H3,(H,28,30)/b13-9+/t17-,18+,19+/m0/s1. The van der Waals surface area contributed by atoms with Gasteiger partial charge in [-0.1, -0.05) is 42.5 Å². The summed E-state index contributed by atoms with van der Waals surface area (Å²) in [6, 6.07) is 8.05. The summed E-state index contributed by atoms with van der Waals surface area (Å²) in [5.74, 6) is -4.09. The van der Waals surface area contributed by atoms with Crippen molar-refractivity contribution in [2.45, 2.75) is 83.5 Å². The Morgan fingerprint density at radius 3 is 2.38 bits per heavy atom. The van der Waals surface area contributed by atoms with E-state index in [9.17, 15) is 22.8 Å². The molecule has 0 radical (unpaired) electrons. The number of ether oxygens (including phenoxy) is 4. The van der Waals surface area contributed by atoms with Gasteiger partial charge in [-0.3, -0.25) is 4.79 Å². The molecule has 190 valence electrons. The molecule has 2 rings (SSSR count). The number of nitrogens with one attached hydrogen (secondary N) is 1. The van der Waals surface area contributed by atoms with Crippen LogP contribution in [0.15, 0.2) is 42.5 Å². The number of carbonyl (C=O) groups is 2. The molecule has 1 heterocycles. The molecule has 0 spiro atoms. The van der Waals surface area contributed by atoms with E-state index in [1.165, 1.54) is 6.08 Å². The minimum atomic E-state index is -5.13. The molecule has 0 aliphatic carbocycles. The maximum Gasteiger partial charge on any atom is 0.471 e. The minimum Gasteiger partial charge on any atom is -0.458 e. The van der Waals surface area contributed by atoms with Gasteiger partial charge in [0.25, 0.3) is 0 Å². The Kier molecular flexibility index (Phi) is 9.27. The number of alkyl halides is 3. The molecule has 0 saturated carbocycles. The third-order valence-corrected chi connectivity index (χ3v) is 4.57. The molecule has 0 aromatic heterocycles. The van der Waals surface area contributed by atoms with E-state index < -0.39 is 47.7 Å². The Labute approximate surface area is 197 Å². The molecule has 1 amide bonds. The molecule has 1 aliphatic heterocycles. The number of amides is 1. The average molecular weight is 488 g/mol. The van der Waals surface area contributed by atoms with Gasteiger partial charge in [-0.05, 0) is 46.6 Å². The zero-order valence-corrected chi connectivity index (χ0v) is 20.0. The lowest BCUT2D eigenvalue weighted by Gasteiger charge is -2.24. The highest BCUT2D eigenvalue weighted by Gasteiger charge is 2.42. The largest absolute Gasteiger partial charge is 0.471 e. The minimum absolute atomic E-state index is 0.216. The Morgan fingerprint density at radius 2 is 1.79 bits per heavy atom. The number of hydrogen-bond donors (Lipinski definition) is 1. The molecule has 3 atom stereocenters. The van der Waals surface area contributed by atoms with E-state index in [0.29, 0.717) is 6.61 Å². The predicted molar refractivity (Wildman–Crippen MR) is 118 cm³/mol. The van der Waals surface area contributed by atoms with Crippen molar-refractivity contribution in [3.63, 3.8) is 0 Å². The number of hydrogen-bond acceptors (Lipinski definition) is 6. The summed E-state index contributed by atoms with van der Waals surface area (Å²) in [6.07, 6.45) is -3.34. The van der Waals surface area contributed by atoms with Crippen LogP contribution in [0, 0.1) is 0 Å². The highest BCUT2D eigenvalue weighted by atomic mass is 19.4. The Hall–Kier alpha value is -2.43. The molecule has 1 aromatic rings. The van der Waals surface area contributed by atoms with Crippen molar-refractivity contribution in [1.29, 1.82) is 0 Å². The van der Waals surface area contributed by atoms with E-state index in [4.69, 9.17) is 18.9 Å². The lowest BCUT2D eigenvalue weighted by molar-refractivity contribution is -0.177. The first-order valence-corrected chi connectivity index (χ1v) is 10.9. The summed E-state index contributed by atoms with van der Waals surface area (Å²) in [4.78, 5) is 23.8. The summed E-state index contributed by atoms with van der Waals surface area (Å²) in [6.45, 7) is 8.80. The van der Waals surface area contributed by atoms with Crippen molar-refractivity contribution < 1.29 is 41.7 Å². The first-order valence-electron chi connectivity index (χ1n) is 10.9. The smallest absolute Gasteiger partial charge is 0.458 e. The second-order valence-electron chi connectivity index (χ2n) is 9.36. The van der Waals surface area contributed by atoms with Gasteiger partial charge in [0, 0.05) is 0 Å². The molecule has 1 saturated heterocycles. The van der Waals surface area contributed by atoms with Crippen LogP contribution in [0.4, 0.5) is 13.2 Å². The fourth-order valence-electron chi connectivity index (χ4n) is 3.20. The molecule has 7 nitrogen and oxygen atoms in total. The summed E-state index contributed by atoms with van der Waals surface area (Å²) in [5, 5.41) is 1.70. The van der Waals surface area contributed by atoms with E-state index in [2.05, 4.69) is 0 Å². The van der Waals surface area contributed by atoms with Crippen LogP contribution in [0.1, 0.15) is 46.6 Å². The van der Waals surface area contributed by atoms with Crippen molar-refractivity contribution in [2.75, 3.05) is 6.61 Å². The van der Waals surface area contributed by atoms with Gasteiger partial charge in [0.1, 0.15) is 23.9 Å². The van der Waals surface area contributed by atoms with Gasteiger partial charge in [0.15, 0.2) is 5.79 Å². The van der Waals surface area contributed by atoms with E-state index in [1.54, 1.807) is 46.0 Å². The van der Waals surface area contributed by atoms with Gasteiger partial charge < -0.3 is 24.3 Å². The van der Waals surface area contributed by atoms with E-state index in [1.807, 2.05) is 30.3 Å². The molecular formula is C24H32F3NO6. The van der Waals surface area contributed by atoms with Crippen molar-refractivity contribution in [3.05, 3.63) is 48.0 Å². The lowest BCUT2D eigenvalue weighted by atomic mass is 10.1. The zero-order chi connectivity index (χ0) is 25.6.